The second-order valence-corrected chi connectivity index (χ2v) is 9.78. The Morgan fingerprint density at radius 3 is 2.57 bits per heavy atom. The number of morpholine rings is 1. The number of aryl methyl sites for hydroxylation is 2. The Hall–Kier alpha value is -3.57. The zero-order chi connectivity index (χ0) is 25.8. The van der Waals surface area contributed by atoms with Gasteiger partial charge in [-0.2, -0.15) is 10.1 Å². The van der Waals surface area contributed by atoms with Gasteiger partial charge in [0.15, 0.2) is 5.65 Å². The summed E-state index contributed by atoms with van der Waals surface area (Å²) < 4.78 is 36.7. The predicted octanol–water partition coefficient (Wildman–Crippen LogP) is 3.97. The first-order chi connectivity index (χ1) is 17.8. The average molecular weight is 508 g/mol. The molecule has 1 N–H and O–H groups in total. The summed E-state index contributed by atoms with van der Waals surface area (Å²) >= 11 is 0. The molecule has 1 saturated carbocycles. The highest BCUT2D eigenvalue weighted by Crippen LogP contribution is 2.38. The lowest BCUT2D eigenvalue weighted by Gasteiger charge is -2.37. The first kappa shape index (κ1) is 23.8. The molecule has 0 amide bonds. The van der Waals surface area contributed by atoms with E-state index in [1.165, 1.54) is 12.1 Å². The lowest BCUT2D eigenvalue weighted by Crippen LogP contribution is -2.44. The number of aromatic nitrogens is 6. The van der Waals surface area contributed by atoms with Gasteiger partial charge >= 0.3 is 0 Å². The molecule has 11 heteroatoms. The molecule has 1 aliphatic heterocycles. The Bertz CT molecular complexity index is 1500. The molecule has 1 aromatic carbocycles. The van der Waals surface area contributed by atoms with E-state index >= 15 is 0 Å². The van der Waals surface area contributed by atoms with Gasteiger partial charge in [0, 0.05) is 23.7 Å². The minimum Gasteiger partial charge on any atom is -0.390 e. The number of hydrogen-bond donors (Lipinski definition) is 1. The molecule has 0 unspecified atom stereocenters. The summed E-state index contributed by atoms with van der Waals surface area (Å²) in [5, 5.41) is 14.6. The molecule has 4 aromatic rings. The lowest BCUT2D eigenvalue weighted by molar-refractivity contribution is -0.0188. The van der Waals surface area contributed by atoms with E-state index in [1.807, 2.05) is 30.4 Å². The molecule has 6 rings (SSSR count). The number of anilines is 1. The number of aliphatic hydroxyl groups excluding tert-OH is 1. The molecule has 0 radical (unpaired) electrons. The van der Waals surface area contributed by atoms with Gasteiger partial charge in [0.25, 0.3) is 0 Å². The Balaban J connectivity index is 1.44. The molecular formula is C26H27F2N7O2. The molecule has 0 bridgehead atoms. The van der Waals surface area contributed by atoms with Crippen LogP contribution in [0.25, 0.3) is 22.4 Å². The Kier molecular flexibility index (Phi) is 5.84. The number of fused-ring (bicyclic) bond motifs is 1. The summed E-state index contributed by atoms with van der Waals surface area (Å²) in [5.74, 6) is -1.06. The normalized spacial score (nSPS) is 20.1. The molecule has 2 fully saturated rings. The molecule has 2 aliphatic rings. The zero-order valence-electron chi connectivity index (χ0n) is 20.8. The number of aliphatic hydroxyl groups is 1. The maximum atomic E-state index is 14.9. The largest absolute Gasteiger partial charge is 0.390 e. The monoisotopic (exact) mass is 507 g/mol. The number of hydrogen-bond acceptors (Lipinski definition) is 8. The second kappa shape index (κ2) is 9.07. The molecule has 9 nitrogen and oxygen atoms in total. The van der Waals surface area contributed by atoms with Crippen LogP contribution in [0.4, 0.5) is 14.7 Å². The highest BCUT2D eigenvalue weighted by Gasteiger charge is 2.34. The van der Waals surface area contributed by atoms with E-state index in [1.54, 1.807) is 6.20 Å². The van der Waals surface area contributed by atoms with Gasteiger partial charge in [-0.05, 0) is 45.7 Å². The Morgan fingerprint density at radius 2 is 1.84 bits per heavy atom. The van der Waals surface area contributed by atoms with Crippen molar-refractivity contribution >= 4 is 17.1 Å². The third-order valence-electron chi connectivity index (χ3n) is 6.98. The quantitative estimate of drug-likeness (QED) is 0.433. The van der Waals surface area contributed by atoms with Crippen LogP contribution in [-0.4, -0.2) is 54.0 Å². The van der Waals surface area contributed by atoms with Crippen molar-refractivity contribution in [2.24, 2.45) is 0 Å². The standard InChI is InChI=1S/C26H27F2N7O2/c1-13-10-34(11-22(37-13)19-9-29-35(17-5-6-17)21(19)12-36)26-32-23(18-7-4-16(27)8-20(18)28)24-25(33-26)31-15(3)14(2)30-24/h4,7-9,13,17,22,36H,5-6,10-12H2,1-3H3/t13-,22+/m0/s1. The van der Waals surface area contributed by atoms with Crippen LogP contribution in [0.1, 0.15) is 54.6 Å². The summed E-state index contributed by atoms with van der Waals surface area (Å²) in [5.41, 5.74) is 4.03. The van der Waals surface area contributed by atoms with Crippen molar-refractivity contribution in [3.63, 3.8) is 0 Å². The van der Waals surface area contributed by atoms with Gasteiger partial charge < -0.3 is 14.7 Å². The Morgan fingerprint density at radius 1 is 1.05 bits per heavy atom. The summed E-state index contributed by atoms with van der Waals surface area (Å²) in [6.07, 6.45) is 3.33. The van der Waals surface area contributed by atoms with Crippen molar-refractivity contribution in [2.45, 2.75) is 58.5 Å². The predicted molar refractivity (Wildman–Crippen MR) is 132 cm³/mol. The molecule has 3 aromatic heterocycles. The topological polar surface area (TPSA) is 102 Å². The Labute approximate surface area is 212 Å². The van der Waals surface area contributed by atoms with Gasteiger partial charge in [0.05, 0.1) is 48.6 Å². The van der Waals surface area contributed by atoms with E-state index in [0.717, 1.165) is 30.2 Å². The molecular weight excluding hydrogens is 480 g/mol. The van der Waals surface area contributed by atoms with E-state index in [0.29, 0.717) is 47.6 Å². The van der Waals surface area contributed by atoms with Crippen LogP contribution in [-0.2, 0) is 11.3 Å². The van der Waals surface area contributed by atoms with Gasteiger partial charge in [0.2, 0.25) is 5.95 Å². The molecule has 1 saturated heterocycles. The van der Waals surface area contributed by atoms with Crippen LogP contribution in [0, 0.1) is 25.5 Å². The van der Waals surface area contributed by atoms with Crippen LogP contribution in [0.2, 0.25) is 0 Å². The van der Waals surface area contributed by atoms with Crippen molar-refractivity contribution in [3.05, 3.63) is 58.7 Å². The van der Waals surface area contributed by atoms with Crippen LogP contribution in [0.5, 0.6) is 0 Å². The highest BCUT2D eigenvalue weighted by atomic mass is 19.1. The van der Waals surface area contributed by atoms with Crippen molar-refractivity contribution in [3.8, 4) is 11.3 Å². The molecule has 4 heterocycles. The summed E-state index contributed by atoms with van der Waals surface area (Å²) in [4.78, 5) is 20.6. The lowest BCUT2D eigenvalue weighted by atomic mass is 10.1. The third-order valence-corrected chi connectivity index (χ3v) is 6.98. The summed E-state index contributed by atoms with van der Waals surface area (Å²) in [7, 11) is 0. The number of nitrogens with zero attached hydrogens (tertiary/aromatic N) is 7. The van der Waals surface area contributed by atoms with Gasteiger partial charge in [-0.25, -0.2) is 23.7 Å². The number of benzene rings is 1. The van der Waals surface area contributed by atoms with E-state index in [9.17, 15) is 13.9 Å². The zero-order valence-corrected chi connectivity index (χ0v) is 20.8. The fourth-order valence-corrected chi connectivity index (χ4v) is 4.87. The molecule has 1 aliphatic carbocycles. The first-order valence-electron chi connectivity index (χ1n) is 12.4. The van der Waals surface area contributed by atoms with Crippen molar-refractivity contribution in [2.75, 3.05) is 18.0 Å². The fraction of sp³-hybridized carbons (Fsp3) is 0.423. The maximum Gasteiger partial charge on any atom is 0.228 e. The van der Waals surface area contributed by atoms with Gasteiger partial charge in [-0.15, -0.1) is 0 Å². The first-order valence-corrected chi connectivity index (χ1v) is 12.4. The van der Waals surface area contributed by atoms with E-state index < -0.39 is 11.6 Å². The SMILES string of the molecule is Cc1nc2nc(N3C[C@H](C)O[C@@H](c4cnn(C5CC5)c4CO)C3)nc(-c3ccc(F)cc3F)c2nc1C. The highest BCUT2D eigenvalue weighted by molar-refractivity contribution is 5.88. The smallest absolute Gasteiger partial charge is 0.228 e. The van der Waals surface area contributed by atoms with Gasteiger partial charge in [-0.1, -0.05) is 0 Å². The van der Waals surface area contributed by atoms with Crippen LogP contribution in [0.15, 0.2) is 24.4 Å². The van der Waals surface area contributed by atoms with Crippen molar-refractivity contribution < 1.29 is 18.6 Å². The third kappa shape index (κ3) is 4.31. The average Bonchev–Trinajstić information content (AvgIpc) is 3.62. The van der Waals surface area contributed by atoms with Crippen LogP contribution < -0.4 is 4.90 Å². The summed E-state index contributed by atoms with van der Waals surface area (Å²) in [6, 6.07) is 3.71. The number of halogens is 2. The van der Waals surface area contributed by atoms with E-state index in [4.69, 9.17) is 14.7 Å². The number of ether oxygens (including phenoxy) is 1. The van der Waals surface area contributed by atoms with Gasteiger partial charge in [0.1, 0.15) is 28.9 Å². The van der Waals surface area contributed by atoms with Gasteiger partial charge in [-0.3, -0.25) is 4.68 Å². The second-order valence-electron chi connectivity index (χ2n) is 9.78. The minimum absolute atomic E-state index is 0.124. The molecule has 0 spiro atoms. The van der Waals surface area contributed by atoms with E-state index in [2.05, 4.69) is 15.1 Å². The minimum atomic E-state index is -0.737. The van der Waals surface area contributed by atoms with Crippen LogP contribution >= 0.6 is 0 Å². The molecule has 192 valence electrons. The summed E-state index contributed by atoms with van der Waals surface area (Å²) in [6.45, 7) is 6.38. The van der Waals surface area contributed by atoms with Crippen LogP contribution in [0.3, 0.4) is 0 Å². The van der Waals surface area contributed by atoms with E-state index in [-0.39, 0.29) is 30.1 Å². The maximum absolute atomic E-state index is 14.9. The number of rotatable bonds is 5. The van der Waals surface area contributed by atoms with Crippen molar-refractivity contribution in [1.29, 1.82) is 0 Å². The molecule has 2 atom stereocenters. The fourth-order valence-electron chi connectivity index (χ4n) is 4.87. The molecule has 37 heavy (non-hydrogen) atoms. The van der Waals surface area contributed by atoms with Crippen molar-refractivity contribution in [1.82, 2.24) is 29.7 Å².